The Labute approximate surface area is 107 Å². The smallest absolute Gasteiger partial charge is 0.220 e. The lowest BCUT2D eigenvalue weighted by molar-refractivity contribution is -0.122. The van der Waals surface area contributed by atoms with E-state index in [-0.39, 0.29) is 11.4 Å². The maximum atomic E-state index is 11.5. The summed E-state index contributed by atoms with van der Waals surface area (Å²) in [6.45, 7) is 6.03. The molecule has 0 bridgehead atoms. The first-order valence-electron chi connectivity index (χ1n) is 6.70. The van der Waals surface area contributed by atoms with E-state index in [1.165, 1.54) is 19.3 Å². The Kier molecular flexibility index (Phi) is 8.58. The molecule has 0 rings (SSSR count). The van der Waals surface area contributed by atoms with Crippen molar-refractivity contribution in [1.82, 2.24) is 5.32 Å². The highest BCUT2D eigenvalue weighted by atomic mass is 16.1. The van der Waals surface area contributed by atoms with Gasteiger partial charge >= 0.3 is 0 Å². The Morgan fingerprint density at radius 2 is 1.59 bits per heavy atom. The average molecular weight is 237 g/mol. The van der Waals surface area contributed by atoms with Crippen molar-refractivity contribution in [2.24, 2.45) is 0 Å². The Hall–Kier alpha value is -0.970. The third-order valence-corrected chi connectivity index (χ3v) is 2.49. The summed E-state index contributed by atoms with van der Waals surface area (Å²) in [7, 11) is 0. The number of nitrogens with one attached hydrogen (secondary N) is 1. The van der Waals surface area contributed by atoms with Crippen molar-refractivity contribution in [3.05, 3.63) is 0 Å². The summed E-state index contributed by atoms with van der Waals surface area (Å²) in [6.07, 6.45) is 13.7. The standard InChI is InChI=1S/C15H27NO/c1-5-6-7-8-9-10-11-12-13-14(17)16-15(2,3)4/h1H,6-13H2,2-4H3,(H,16,17). The largest absolute Gasteiger partial charge is 0.352 e. The lowest BCUT2D eigenvalue weighted by atomic mass is 10.1. The molecule has 0 saturated carbocycles. The third-order valence-electron chi connectivity index (χ3n) is 2.49. The minimum atomic E-state index is -0.105. The van der Waals surface area contributed by atoms with E-state index in [9.17, 15) is 4.79 Å². The van der Waals surface area contributed by atoms with Crippen molar-refractivity contribution >= 4 is 5.91 Å². The summed E-state index contributed by atoms with van der Waals surface area (Å²) in [5, 5.41) is 2.98. The van der Waals surface area contributed by atoms with Crippen molar-refractivity contribution < 1.29 is 4.79 Å². The van der Waals surface area contributed by atoms with E-state index in [2.05, 4.69) is 11.2 Å². The molecule has 2 heteroatoms. The molecular formula is C15H27NO. The van der Waals surface area contributed by atoms with Crippen LogP contribution in [0.4, 0.5) is 0 Å². The van der Waals surface area contributed by atoms with Gasteiger partial charge in [0.25, 0.3) is 0 Å². The predicted octanol–water partition coefficient (Wildman–Crippen LogP) is 3.66. The highest BCUT2D eigenvalue weighted by Gasteiger charge is 2.12. The van der Waals surface area contributed by atoms with E-state index >= 15 is 0 Å². The van der Waals surface area contributed by atoms with E-state index in [4.69, 9.17) is 6.42 Å². The zero-order chi connectivity index (χ0) is 13.1. The van der Waals surface area contributed by atoms with Crippen molar-refractivity contribution in [2.45, 2.75) is 77.7 Å². The summed E-state index contributed by atoms with van der Waals surface area (Å²) >= 11 is 0. The molecule has 1 N–H and O–H groups in total. The van der Waals surface area contributed by atoms with E-state index in [0.717, 1.165) is 25.7 Å². The second-order valence-corrected chi connectivity index (χ2v) is 5.62. The number of unbranched alkanes of at least 4 members (excludes halogenated alkanes) is 6. The van der Waals surface area contributed by atoms with Gasteiger partial charge in [0.15, 0.2) is 0 Å². The first kappa shape index (κ1) is 16.0. The highest BCUT2D eigenvalue weighted by Crippen LogP contribution is 2.09. The quantitative estimate of drug-likeness (QED) is 0.506. The van der Waals surface area contributed by atoms with Crippen molar-refractivity contribution in [2.75, 3.05) is 0 Å². The number of amides is 1. The van der Waals surface area contributed by atoms with Gasteiger partial charge in [0.05, 0.1) is 0 Å². The molecule has 1 amide bonds. The first-order valence-corrected chi connectivity index (χ1v) is 6.70. The third kappa shape index (κ3) is 13.0. The van der Waals surface area contributed by atoms with Gasteiger partial charge in [-0.1, -0.05) is 25.7 Å². The van der Waals surface area contributed by atoms with Gasteiger partial charge in [-0.2, -0.15) is 0 Å². The fourth-order valence-electron chi connectivity index (χ4n) is 1.70. The van der Waals surface area contributed by atoms with Crippen molar-refractivity contribution in [3.8, 4) is 12.3 Å². The molecule has 0 unspecified atom stereocenters. The minimum Gasteiger partial charge on any atom is -0.352 e. The van der Waals surface area contributed by atoms with Crippen LogP contribution in [0, 0.1) is 12.3 Å². The predicted molar refractivity (Wildman–Crippen MR) is 73.7 cm³/mol. The van der Waals surface area contributed by atoms with Gasteiger partial charge in [-0.25, -0.2) is 0 Å². The summed E-state index contributed by atoms with van der Waals surface area (Å²) in [5.74, 6) is 2.82. The van der Waals surface area contributed by atoms with Gasteiger partial charge in [0.1, 0.15) is 0 Å². The van der Waals surface area contributed by atoms with E-state index in [1.807, 2.05) is 20.8 Å². The molecule has 0 atom stereocenters. The normalized spacial score (nSPS) is 10.9. The number of rotatable bonds is 8. The fourth-order valence-corrected chi connectivity index (χ4v) is 1.70. The lowest BCUT2D eigenvalue weighted by Gasteiger charge is -2.20. The second kappa shape index (κ2) is 9.10. The van der Waals surface area contributed by atoms with Crippen LogP contribution in [-0.4, -0.2) is 11.4 Å². The van der Waals surface area contributed by atoms with Crippen LogP contribution in [0.25, 0.3) is 0 Å². The second-order valence-electron chi connectivity index (χ2n) is 5.62. The van der Waals surface area contributed by atoms with Gasteiger partial charge < -0.3 is 5.32 Å². The Morgan fingerprint density at radius 1 is 1.06 bits per heavy atom. The van der Waals surface area contributed by atoms with E-state index in [0.29, 0.717) is 6.42 Å². The van der Waals surface area contributed by atoms with Crippen LogP contribution in [0.3, 0.4) is 0 Å². The molecular weight excluding hydrogens is 210 g/mol. The monoisotopic (exact) mass is 237 g/mol. The van der Waals surface area contributed by atoms with Gasteiger partial charge in [-0.05, 0) is 33.6 Å². The summed E-state index contributed by atoms with van der Waals surface area (Å²) < 4.78 is 0. The van der Waals surface area contributed by atoms with E-state index in [1.54, 1.807) is 0 Å². The summed E-state index contributed by atoms with van der Waals surface area (Å²) in [6, 6.07) is 0. The van der Waals surface area contributed by atoms with Crippen LogP contribution in [0.15, 0.2) is 0 Å². The maximum absolute atomic E-state index is 11.5. The molecule has 0 radical (unpaired) electrons. The molecule has 0 fully saturated rings. The minimum absolute atomic E-state index is 0.105. The van der Waals surface area contributed by atoms with Gasteiger partial charge in [0, 0.05) is 18.4 Å². The molecule has 0 aromatic heterocycles. The van der Waals surface area contributed by atoms with Crippen molar-refractivity contribution in [3.63, 3.8) is 0 Å². The number of carbonyl (C=O) groups excluding carboxylic acids is 1. The molecule has 0 saturated heterocycles. The average Bonchev–Trinajstić information content (AvgIpc) is 2.19. The number of terminal acetylenes is 1. The molecule has 0 spiro atoms. The van der Waals surface area contributed by atoms with Gasteiger partial charge in [-0.3, -0.25) is 4.79 Å². The molecule has 0 aromatic rings. The zero-order valence-corrected chi connectivity index (χ0v) is 11.6. The molecule has 0 heterocycles. The van der Waals surface area contributed by atoms with Crippen LogP contribution < -0.4 is 5.32 Å². The number of hydrogen-bond donors (Lipinski definition) is 1. The molecule has 0 aromatic carbocycles. The van der Waals surface area contributed by atoms with Crippen LogP contribution in [-0.2, 0) is 4.79 Å². The molecule has 0 aliphatic rings. The van der Waals surface area contributed by atoms with Gasteiger partial charge in [-0.15, -0.1) is 12.3 Å². The van der Waals surface area contributed by atoms with E-state index < -0.39 is 0 Å². The highest BCUT2D eigenvalue weighted by molar-refractivity contribution is 5.76. The molecule has 98 valence electrons. The molecule has 0 aliphatic carbocycles. The fraction of sp³-hybridized carbons (Fsp3) is 0.800. The summed E-state index contributed by atoms with van der Waals surface area (Å²) in [5.41, 5.74) is -0.105. The van der Waals surface area contributed by atoms with Crippen LogP contribution in [0.1, 0.15) is 72.1 Å². The number of hydrogen-bond acceptors (Lipinski definition) is 1. The topological polar surface area (TPSA) is 29.1 Å². The van der Waals surface area contributed by atoms with Crippen molar-refractivity contribution in [1.29, 1.82) is 0 Å². The molecule has 2 nitrogen and oxygen atoms in total. The lowest BCUT2D eigenvalue weighted by Crippen LogP contribution is -2.40. The molecule has 17 heavy (non-hydrogen) atoms. The van der Waals surface area contributed by atoms with Crippen LogP contribution in [0.2, 0.25) is 0 Å². The van der Waals surface area contributed by atoms with Gasteiger partial charge in [0.2, 0.25) is 5.91 Å². The van der Waals surface area contributed by atoms with Crippen LogP contribution >= 0.6 is 0 Å². The number of carbonyl (C=O) groups is 1. The summed E-state index contributed by atoms with van der Waals surface area (Å²) in [4.78, 5) is 11.5. The first-order chi connectivity index (χ1) is 7.95. The maximum Gasteiger partial charge on any atom is 0.220 e. The SMILES string of the molecule is C#CCCCCCCCCC(=O)NC(C)(C)C. The Morgan fingerprint density at radius 3 is 2.12 bits per heavy atom. The Bertz CT molecular complexity index is 245. The molecule has 0 aliphatic heterocycles. The van der Waals surface area contributed by atoms with Crippen LogP contribution in [0.5, 0.6) is 0 Å². The Balaban J connectivity index is 3.29. The zero-order valence-electron chi connectivity index (χ0n) is 11.6.